The second-order valence-electron chi connectivity index (χ2n) is 7.36. The number of carbonyl (C=O) groups is 1. The molecule has 2 rings (SSSR count). The van der Waals surface area contributed by atoms with Gasteiger partial charge >= 0.3 is 5.97 Å². The Morgan fingerprint density at radius 2 is 1.62 bits per heavy atom. The van der Waals surface area contributed by atoms with Gasteiger partial charge < -0.3 is 4.74 Å². The molecule has 0 radical (unpaired) electrons. The van der Waals surface area contributed by atoms with Crippen molar-refractivity contribution in [2.24, 2.45) is 5.92 Å². The molecule has 1 saturated carbocycles. The second-order valence-corrected chi connectivity index (χ2v) is 7.36. The predicted octanol–water partition coefficient (Wildman–Crippen LogP) is 6.64. The van der Waals surface area contributed by atoms with Crippen molar-refractivity contribution in [3.63, 3.8) is 0 Å². The summed E-state index contributed by atoms with van der Waals surface area (Å²) in [7, 11) is 0. The lowest BCUT2D eigenvalue weighted by molar-refractivity contribution is -0.134. The van der Waals surface area contributed by atoms with Crippen LogP contribution in [0.4, 0.5) is 0 Å². The van der Waals surface area contributed by atoms with E-state index < -0.39 is 0 Å². The minimum atomic E-state index is -0.104. The lowest BCUT2D eigenvalue weighted by Crippen LogP contribution is -2.13. The topological polar surface area (TPSA) is 26.3 Å². The molecule has 2 nitrogen and oxygen atoms in total. The Morgan fingerprint density at radius 1 is 0.958 bits per heavy atom. The summed E-state index contributed by atoms with van der Waals surface area (Å²) < 4.78 is 5.43. The fraction of sp³-hybridized carbons (Fsp3) is 0.682. The van der Waals surface area contributed by atoms with Gasteiger partial charge in [0, 0.05) is 6.42 Å². The van der Waals surface area contributed by atoms with Crippen LogP contribution in [0.2, 0.25) is 0 Å². The van der Waals surface area contributed by atoms with Crippen LogP contribution >= 0.6 is 0 Å². The van der Waals surface area contributed by atoms with E-state index in [1.807, 2.05) is 12.1 Å². The number of hydrogen-bond donors (Lipinski definition) is 0. The van der Waals surface area contributed by atoms with Crippen LogP contribution in [0, 0.1) is 5.92 Å². The molecule has 2 heteroatoms. The third-order valence-electron chi connectivity index (χ3n) is 5.38. The number of rotatable bonds is 9. The summed E-state index contributed by atoms with van der Waals surface area (Å²) >= 11 is 0. The third kappa shape index (κ3) is 6.30. The number of carbonyl (C=O) groups excluding carboxylic acids is 1. The maximum Gasteiger partial charge on any atom is 0.311 e. The monoisotopic (exact) mass is 330 g/mol. The Kier molecular flexibility index (Phi) is 8.35. The van der Waals surface area contributed by atoms with Crippen molar-refractivity contribution >= 4 is 5.97 Å². The molecule has 134 valence electrons. The van der Waals surface area contributed by atoms with Gasteiger partial charge in [0.2, 0.25) is 0 Å². The first-order valence-electron chi connectivity index (χ1n) is 10.0. The van der Waals surface area contributed by atoms with Gasteiger partial charge in [-0.05, 0) is 61.6 Å². The predicted molar refractivity (Wildman–Crippen MR) is 100 cm³/mol. The highest BCUT2D eigenvalue weighted by atomic mass is 16.5. The molecule has 0 aromatic heterocycles. The van der Waals surface area contributed by atoms with Crippen LogP contribution in [0.25, 0.3) is 0 Å². The van der Waals surface area contributed by atoms with Crippen molar-refractivity contribution in [2.45, 2.75) is 90.4 Å². The van der Waals surface area contributed by atoms with Gasteiger partial charge in [-0.15, -0.1) is 0 Å². The summed E-state index contributed by atoms with van der Waals surface area (Å²) in [5.41, 5.74) is 1.41. The van der Waals surface area contributed by atoms with E-state index in [0.29, 0.717) is 18.1 Å². The molecule has 1 aliphatic rings. The maximum absolute atomic E-state index is 11.8. The Morgan fingerprint density at radius 3 is 2.25 bits per heavy atom. The van der Waals surface area contributed by atoms with E-state index in [1.54, 1.807) is 0 Å². The molecule has 0 saturated heterocycles. The Bertz CT molecular complexity index is 469. The van der Waals surface area contributed by atoms with E-state index in [1.165, 1.54) is 50.5 Å². The van der Waals surface area contributed by atoms with Crippen LogP contribution in [0.5, 0.6) is 5.75 Å². The van der Waals surface area contributed by atoms with Crippen molar-refractivity contribution in [3.05, 3.63) is 29.8 Å². The van der Waals surface area contributed by atoms with E-state index in [9.17, 15) is 4.79 Å². The molecule has 24 heavy (non-hydrogen) atoms. The van der Waals surface area contributed by atoms with Crippen LogP contribution in [0.15, 0.2) is 24.3 Å². The number of ether oxygens (including phenoxy) is 1. The number of benzene rings is 1. The quantitative estimate of drug-likeness (QED) is 0.288. The minimum absolute atomic E-state index is 0.104. The van der Waals surface area contributed by atoms with Gasteiger partial charge in [0.1, 0.15) is 5.75 Å². The lowest BCUT2D eigenvalue weighted by atomic mass is 9.77. The molecule has 1 aromatic rings. The number of unbranched alkanes of at least 4 members (excludes halogenated alkanes) is 3. The second kappa shape index (κ2) is 10.5. The molecule has 0 heterocycles. The van der Waals surface area contributed by atoms with Gasteiger partial charge in [0.25, 0.3) is 0 Å². The largest absolute Gasteiger partial charge is 0.427 e. The first kappa shape index (κ1) is 19.0. The van der Waals surface area contributed by atoms with Gasteiger partial charge in [0.15, 0.2) is 0 Å². The van der Waals surface area contributed by atoms with Crippen molar-refractivity contribution in [1.29, 1.82) is 0 Å². The molecule has 0 spiro atoms. The highest BCUT2D eigenvalue weighted by Gasteiger charge is 2.22. The van der Waals surface area contributed by atoms with Gasteiger partial charge in [-0.3, -0.25) is 4.79 Å². The SMILES string of the molecule is CCCCCC(=O)Oc1ccc(C2CCC(CCCC)CC2)cc1. The van der Waals surface area contributed by atoms with E-state index in [4.69, 9.17) is 4.74 Å². The maximum atomic E-state index is 11.8. The summed E-state index contributed by atoms with van der Waals surface area (Å²) in [6, 6.07) is 8.25. The Balaban J connectivity index is 1.77. The summed E-state index contributed by atoms with van der Waals surface area (Å²) in [5.74, 6) is 2.23. The lowest BCUT2D eigenvalue weighted by Gasteiger charge is -2.28. The first-order valence-corrected chi connectivity index (χ1v) is 10.0. The smallest absolute Gasteiger partial charge is 0.311 e. The zero-order chi connectivity index (χ0) is 17.2. The van der Waals surface area contributed by atoms with Crippen molar-refractivity contribution in [1.82, 2.24) is 0 Å². The summed E-state index contributed by atoms with van der Waals surface area (Å²) in [4.78, 5) is 11.8. The van der Waals surface area contributed by atoms with Crippen molar-refractivity contribution in [3.8, 4) is 5.75 Å². The molecule has 0 unspecified atom stereocenters. The molecule has 0 bridgehead atoms. The van der Waals surface area contributed by atoms with Crippen LogP contribution in [0.3, 0.4) is 0 Å². The van der Waals surface area contributed by atoms with E-state index >= 15 is 0 Å². The summed E-state index contributed by atoms with van der Waals surface area (Å²) in [6.07, 6.45) is 13.2. The molecule has 0 N–H and O–H groups in total. The summed E-state index contributed by atoms with van der Waals surface area (Å²) in [5, 5.41) is 0. The molecule has 1 fully saturated rings. The molecule has 0 aliphatic heterocycles. The normalized spacial score (nSPS) is 20.8. The van der Waals surface area contributed by atoms with Crippen LogP contribution < -0.4 is 4.74 Å². The van der Waals surface area contributed by atoms with Gasteiger partial charge in [0.05, 0.1) is 0 Å². The van der Waals surface area contributed by atoms with Crippen molar-refractivity contribution in [2.75, 3.05) is 0 Å². The van der Waals surface area contributed by atoms with E-state index in [0.717, 1.165) is 25.2 Å². The zero-order valence-electron chi connectivity index (χ0n) is 15.6. The molecule has 0 amide bonds. The Labute approximate surface area is 148 Å². The number of hydrogen-bond acceptors (Lipinski definition) is 2. The van der Waals surface area contributed by atoms with E-state index in [-0.39, 0.29) is 5.97 Å². The molecule has 0 atom stereocenters. The molecule has 1 aliphatic carbocycles. The average molecular weight is 331 g/mol. The van der Waals surface area contributed by atoms with Gasteiger partial charge in [-0.2, -0.15) is 0 Å². The zero-order valence-corrected chi connectivity index (χ0v) is 15.6. The van der Waals surface area contributed by atoms with Gasteiger partial charge in [-0.1, -0.05) is 58.1 Å². The van der Waals surface area contributed by atoms with Crippen LogP contribution in [0.1, 0.15) is 96.0 Å². The highest BCUT2D eigenvalue weighted by Crippen LogP contribution is 2.38. The van der Waals surface area contributed by atoms with Crippen LogP contribution in [-0.2, 0) is 4.79 Å². The Hall–Kier alpha value is -1.31. The van der Waals surface area contributed by atoms with Gasteiger partial charge in [-0.25, -0.2) is 0 Å². The highest BCUT2D eigenvalue weighted by molar-refractivity contribution is 5.72. The van der Waals surface area contributed by atoms with E-state index in [2.05, 4.69) is 26.0 Å². The fourth-order valence-electron chi connectivity index (χ4n) is 3.79. The molecular weight excluding hydrogens is 296 g/mol. The average Bonchev–Trinajstić information content (AvgIpc) is 2.61. The molecule has 1 aromatic carbocycles. The van der Waals surface area contributed by atoms with Crippen molar-refractivity contribution < 1.29 is 9.53 Å². The first-order chi connectivity index (χ1) is 11.7. The summed E-state index contributed by atoms with van der Waals surface area (Å²) in [6.45, 7) is 4.42. The molecular formula is C22H34O2. The third-order valence-corrected chi connectivity index (χ3v) is 5.38. The number of esters is 1. The van der Waals surface area contributed by atoms with Crippen LogP contribution in [-0.4, -0.2) is 5.97 Å². The standard InChI is InChI=1S/C22H34O2/c1-3-5-7-9-22(23)24-21-16-14-20(15-17-21)19-12-10-18(11-13-19)8-6-4-2/h14-19H,3-13H2,1-2H3. The minimum Gasteiger partial charge on any atom is -0.427 e. The fourth-order valence-corrected chi connectivity index (χ4v) is 3.79.